The molecule has 0 saturated carbocycles. The number of hydrogen-bond donors (Lipinski definition) is 2. The van der Waals surface area contributed by atoms with E-state index in [0.717, 1.165) is 29.4 Å². The van der Waals surface area contributed by atoms with E-state index < -0.39 is 5.60 Å². The van der Waals surface area contributed by atoms with Crippen LogP contribution in [0.4, 0.5) is 10.6 Å². The maximum atomic E-state index is 12.3. The summed E-state index contributed by atoms with van der Waals surface area (Å²) >= 11 is 0. The Hall–Kier alpha value is -3.95. The largest absolute Gasteiger partial charge is 0.444 e. The molecule has 5 rings (SSSR count). The van der Waals surface area contributed by atoms with Crippen molar-refractivity contribution in [3.05, 3.63) is 42.9 Å². The van der Waals surface area contributed by atoms with Crippen LogP contribution in [0, 0.1) is 0 Å². The highest BCUT2D eigenvalue weighted by molar-refractivity contribution is 5.80. The SMILES string of the molecule is CC(C)(C)OC(=O)N1CCC(n2cc(-c3cnc(N)c(-c4nc5ccccc5[nH]4)n3)cn2)CC1. The molecule has 1 aliphatic rings. The Morgan fingerprint density at radius 2 is 1.91 bits per heavy atom. The highest BCUT2D eigenvalue weighted by Crippen LogP contribution is 2.28. The molecule has 3 N–H and O–H groups in total. The zero-order chi connectivity index (χ0) is 23.9. The first-order valence-corrected chi connectivity index (χ1v) is 11.4. The third-order valence-electron chi connectivity index (χ3n) is 5.80. The van der Waals surface area contributed by atoms with Gasteiger partial charge in [-0.15, -0.1) is 0 Å². The van der Waals surface area contributed by atoms with E-state index in [9.17, 15) is 4.79 Å². The van der Waals surface area contributed by atoms with Crippen molar-refractivity contribution < 1.29 is 9.53 Å². The number of hydrogen-bond acceptors (Lipinski definition) is 7. The average molecular weight is 461 g/mol. The van der Waals surface area contributed by atoms with Crippen LogP contribution >= 0.6 is 0 Å². The van der Waals surface area contributed by atoms with Gasteiger partial charge in [0.05, 0.1) is 35.2 Å². The third-order valence-corrected chi connectivity index (χ3v) is 5.80. The highest BCUT2D eigenvalue weighted by Gasteiger charge is 2.28. The molecule has 3 aromatic heterocycles. The van der Waals surface area contributed by atoms with Gasteiger partial charge in [0.25, 0.3) is 0 Å². The molecular formula is C24H28N8O2. The standard InChI is InChI=1S/C24H28N8O2/c1-24(2,3)34-23(33)31-10-8-16(9-11-31)32-14-15(12-27-32)19-13-26-21(25)20(28-19)22-29-17-6-4-5-7-18(17)30-22/h4-7,12-14,16H,8-11H2,1-3H3,(H2,25,26)(H,29,30). The summed E-state index contributed by atoms with van der Waals surface area (Å²) in [4.78, 5) is 31.0. The van der Waals surface area contributed by atoms with Gasteiger partial charge in [-0.25, -0.2) is 19.7 Å². The lowest BCUT2D eigenvalue weighted by Gasteiger charge is -2.33. The Morgan fingerprint density at radius 1 is 1.15 bits per heavy atom. The molecule has 0 spiro atoms. The van der Waals surface area contributed by atoms with E-state index in [1.54, 1.807) is 17.3 Å². The van der Waals surface area contributed by atoms with Crippen LogP contribution in [0.1, 0.15) is 39.7 Å². The molecule has 4 aromatic rings. The van der Waals surface area contributed by atoms with E-state index in [1.165, 1.54) is 0 Å². The van der Waals surface area contributed by atoms with E-state index in [0.29, 0.717) is 36.1 Å². The van der Waals surface area contributed by atoms with Crippen LogP contribution in [0.5, 0.6) is 0 Å². The van der Waals surface area contributed by atoms with Gasteiger partial charge >= 0.3 is 6.09 Å². The molecule has 0 radical (unpaired) electrons. The van der Waals surface area contributed by atoms with Gasteiger partial charge in [0.15, 0.2) is 11.6 Å². The fraction of sp³-hybridized carbons (Fsp3) is 0.375. The van der Waals surface area contributed by atoms with Crippen molar-refractivity contribution >= 4 is 22.9 Å². The lowest BCUT2D eigenvalue weighted by atomic mass is 10.1. The first-order chi connectivity index (χ1) is 16.3. The molecule has 10 nitrogen and oxygen atoms in total. The number of nitrogens with two attached hydrogens (primary N) is 1. The van der Waals surface area contributed by atoms with Gasteiger partial charge in [-0.05, 0) is 45.7 Å². The Kier molecular flexibility index (Phi) is 5.43. The number of nitrogen functional groups attached to an aromatic ring is 1. The number of carbonyl (C=O) groups excluding carboxylic acids is 1. The van der Waals surface area contributed by atoms with E-state index in [1.807, 2.05) is 55.9 Å². The number of nitrogens with zero attached hydrogens (tertiary/aromatic N) is 6. The van der Waals surface area contributed by atoms with Gasteiger partial charge in [-0.2, -0.15) is 5.10 Å². The molecule has 176 valence electrons. The highest BCUT2D eigenvalue weighted by atomic mass is 16.6. The van der Waals surface area contributed by atoms with Crippen molar-refractivity contribution in [1.29, 1.82) is 0 Å². The molecule has 0 atom stereocenters. The van der Waals surface area contributed by atoms with Gasteiger partial charge < -0.3 is 20.4 Å². The molecule has 1 aromatic carbocycles. The summed E-state index contributed by atoms with van der Waals surface area (Å²) in [6.07, 6.45) is 6.74. The molecule has 4 heterocycles. The summed E-state index contributed by atoms with van der Waals surface area (Å²) in [6, 6.07) is 7.97. The Labute approximate surface area is 197 Å². The van der Waals surface area contributed by atoms with Gasteiger partial charge in [0.2, 0.25) is 0 Å². The van der Waals surface area contributed by atoms with Crippen molar-refractivity contribution in [1.82, 2.24) is 34.6 Å². The first-order valence-electron chi connectivity index (χ1n) is 11.4. The number of nitrogens with one attached hydrogen (secondary N) is 1. The number of aromatic amines is 1. The van der Waals surface area contributed by atoms with Crippen molar-refractivity contribution in [2.24, 2.45) is 0 Å². The predicted octanol–water partition coefficient (Wildman–Crippen LogP) is 4.04. The van der Waals surface area contributed by atoms with E-state index >= 15 is 0 Å². The summed E-state index contributed by atoms with van der Waals surface area (Å²) < 4.78 is 7.43. The summed E-state index contributed by atoms with van der Waals surface area (Å²) in [7, 11) is 0. The van der Waals surface area contributed by atoms with Crippen LogP contribution in [0.2, 0.25) is 0 Å². The topological polar surface area (TPSA) is 128 Å². The normalized spacial score (nSPS) is 15.1. The number of H-pyrrole nitrogens is 1. The minimum Gasteiger partial charge on any atom is -0.444 e. The summed E-state index contributed by atoms with van der Waals surface area (Å²) in [5.41, 5.74) is 9.40. The number of para-hydroxylation sites is 2. The molecule has 0 unspecified atom stereocenters. The number of likely N-dealkylation sites (tertiary alicyclic amines) is 1. The van der Waals surface area contributed by atoms with Crippen molar-refractivity contribution in [3.8, 4) is 22.8 Å². The van der Waals surface area contributed by atoms with E-state index in [-0.39, 0.29) is 12.1 Å². The van der Waals surface area contributed by atoms with Crippen LogP contribution in [0.3, 0.4) is 0 Å². The number of ether oxygens (including phenoxy) is 1. The van der Waals surface area contributed by atoms with Crippen LogP contribution in [-0.2, 0) is 4.74 Å². The Bertz CT molecular complexity index is 1300. The van der Waals surface area contributed by atoms with Crippen LogP contribution < -0.4 is 5.73 Å². The van der Waals surface area contributed by atoms with Gasteiger partial charge in [0.1, 0.15) is 11.3 Å². The van der Waals surface area contributed by atoms with E-state index in [2.05, 4.69) is 20.1 Å². The molecule has 34 heavy (non-hydrogen) atoms. The second kappa shape index (κ2) is 8.44. The van der Waals surface area contributed by atoms with Gasteiger partial charge in [-0.3, -0.25) is 4.68 Å². The monoisotopic (exact) mass is 460 g/mol. The molecule has 1 amide bonds. The summed E-state index contributed by atoms with van der Waals surface area (Å²) in [5.74, 6) is 0.889. The summed E-state index contributed by atoms with van der Waals surface area (Å²) in [5, 5.41) is 4.56. The Balaban J connectivity index is 1.32. The fourth-order valence-corrected chi connectivity index (χ4v) is 4.09. The molecule has 10 heteroatoms. The second-order valence-corrected chi connectivity index (χ2v) is 9.50. The Morgan fingerprint density at radius 3 is 2.65 bits per heavy atom. The zero-order valence-corrected chi connectivity index (χ0v) is 19.5. The smallest absolute Gasteiger partial charge is 0.410 e. The lowest BCUT2D eigenvalue weighted by Crippen LogP contribution is -2.42. The number of imidazole rings is 1. The number of piperidine rings is 1. The lowest BCUT2D eigenvalue weighted by molar-refractivity contribution is 0.0185. The minimum atomic E-state index is -0.494. The molecule has 0 aliphatic carbocycles. The molecule has 1 saturated heterocycles. The van der Waals surface area contributed by atoms with Crippen molar-refractivity contribution in [3.63, 3.8) is 0 Å². The van der Waals surface area contributed by atoms with Crippen molar-refractivity contribution in [2.45, 2.75) is 45.3 Å². The van der Waals surface area contributed by atoms with Crippen molar-refractivity contribution in [2.75, 3.05) is 18.8 Å². The number of benzene rings is 1. The number of carbonyl (C=O) groups is 1. The minimum absolute atomic E-state index is 0.198. The first kappa shape index (κ1) is 21.9. The molecule has 1 fully saturated rings. The second-order valence-electron chi connectivity index (χ2n) is 9.50. The molecule has 1 aliphatic heterocycles. The third kappa shape index (κ3) is 4.43. The summed E-state index contributed by atoms with van der Waals surface area (Å²) in [6.45, 7) is 6.90. The zero-order valence-electron chi connectivity index (χ0n) is 19.5. The number of rotatable bonds is 3. The van der Waals surface area contributed by atoms with Gasteiger partial charge in [0, 0.05) is 24.8 Å². The quantitative estimate of drug-likeness (QED) is 0.472. The number of anilines is 1. The molecule has 0 bridgehead atoms. The average Bonchev–Trinajstić information content (AvgIpc) is 3.46. The van der Waals surface area contributed by atoms with Crippen LogP contribution in [0.25, 0.3) is 33.8 Å². The van der Waals surface area contributed by atoms with Crippen LogP contribution in [-0.4, -0.2) is 59.4 Å². The number of fused-ring (bicyclic) bond motifs is 1. The molecular weight excluding hydrogens is 432 g/mol. The maximum absolute atomic E-state index is 12.3. The number of amides is 1. The van der Waals surface area contributed by atoms with Crippen LogP contribution in [0.15, 0.2) is 42.9 Å². The van der Waals surface area contributed by atoms with Gasteiger partial charge in [-0.1, -0.05) is 12.1 Å². The number of aromatic nitrogens is 6. The fourth-order valence-electron chi connectivity index (χ4n) is 4.09. The maximum Gasteiger partial charge on any atom is 0.410 e. The predicted molar refractivity (Wildman–Crippen MR) is 129 cm³/mol. The van der Waals surface area contributed by atoms with E-state index in [4.69, 9.17) is 15.5 Å².